The Hall–Kier alpha value is -3.17. The molecule has 1 amide bonds. The van der Waals surface area contributed by atoms with Gasteiger partial charge in [-0.05, 0) is 45.0 Å². The number of hydrogen-bond acceptors (Lipinski definition) is 8. The first-order valence-electron chi connectivity index (χ1n) is 10.3. The largest absolute Gasteiger partial charge is 0.490 e. The van der Waals surface area contributed by atoms with E-state index in [1.165, 1.54) is 11.3 Å². The topological polar surface area (TPSA) is 82.6 Å². The summed E-state index contributed by atoms with van der Waals surface area (Å²) in [7, 11) is 0. The lowest BCUT2D eigenvalue weighted by molar-refractivity contribution is 0.102. The lowest BCUT2D eigenvalue weighted by Crippen LogP contribution is -2.13. The molecule has 0 aliphatic heterocycles. The quantitative estimate of drug-likeness (QED) is 0.330. The molecule has 0 unspecified atom stereocenters. The van der Waals surface area contributed by atoms with Crippen LogP contribution in [0.2, 0.25) is 0 Å². The van der Waals surface area contributed by atoms with E-state index >= 15 is 0 Å². The predicted octanol–water partition coefficient (Wildman–Crippen LogP) is 5.87. The molecule has 0 spiro atoms. The van der Waals surface area contributed by atoms with Gasteiger partial charge < -0.3 is 14.2 Å². The van der Waals surface area contributed by atoms with Gasteiger partial charge in [0, 0.05) is 10.9 Å². The van der Waals surface area contributed by atoms with Crippen LogP contribution >= 0.6 is 22.7 Å². The van der Waals surface area contributed by atoms with E-state index in [-0.39, 0.29) is 5.91 Å². The lowest BCUT2D eigenvalue weighted by atomic mass is 10.1. The molecule has 166 valence electrons. The summed E-state index contributed by atoms with van der Waals surface area (Å²) < 4.78 is 18.2. The van der Waals surface area contributed by atoms with E-state index in [2.05, 4.69) is 15.3 Å². The van der Waals surface area contributed by atoms with E-state index in [4.69, 9.17) is 14.2 Å². The Bertz CT molecular complexity index is 1170. The van der Waals surface area contributed by atoms with Gasteiger partial charge in [0.15, 0.2) is 16.6 Å². The summed E-state index contributed by atoms with van der Waals surface area (Å²) in [5.41, 5.74) is 2.08. The highest BCUT2D eigenvalue weighted by Gasteiger charge is 2.19. The van der Waals surface area contributed by atoms with Crippen molar-refractivity contribution in [2.75, 3.05) is 25.1 Å². The van der Waals surface area contributed by atoms with Crippen molar-refractivity contribution in [1.29, 1.82) is 0 Å². The zero-order chi connectivity index (χ0) is 22.5. The highest BCUT2D eigenvalue weighted by molar-refractivity contribution is 7.22. The number of nitrogens with zero attached hydrogens (tertiary/aromatic N) is 2. The molecule has 9 heteroatoms. The molecule has 7 nitrogen and oxygen atoms in total. The molecule has 2 aromatic carbocycles. The molecule has 2 heterocycles. The highest BCUT2D eigenvalue weighted by atomic mass is 32.1. The third kappa shape index (κ3) is 4.68. The Morgan fingerprint density at radius 1 is 0.969 bits per heavy atom. The zero-order valence-electron chi connectivity index (χ0n) is 18.0. The van der Waals surface area contributed by atoms with Crippen molar-refractivity contribution in [3.8, 4) is 28.0 Å². The molecular formula is C23H23N3O4S2. The van der Waals surface area contributed by atoms with Crippen LogP contribution in [0.25, 0.3) is 20.9 Å². The summed E-state index contributed by atoms with van der Waals surface area (Å²) in [4.78, 5) is 22.2. The van der Waals surface area contributed by atoms with Gasteiger partial charge in [0.2, 0.25) is 5.75 Å². The van der Waals surface area contributed by atoms with Gasteiger partial charge in [-0.15, -0.1) is 22.7 Å². The van der Waals surface area contributed by atoms with Crippen LogP contribution in [0.4, 0.5) is 5.13 Å². The Kier molecular flexibility index (Phi) is 6.87. The minimum absolute atomic E-state index is 0.305. The molecule has 4 aromatic rings. The monoisotopic (exact) mass is 469 g/mol. The number of rotatable bonds is 9. The summed E-state index contributed by atoms with van der Waals surface area (Å²) in [6.45, 7) is 6.98. The van der Waals surface area contributed by atoms with Crippen LogP contribution in [-0.4, -0.2) is 35.7 Å². The second kappa shape index (κ2) is 9.97. The fraction of sp³-hybridized carbons (Fsp3) is 0.261. The summed E-state index contributed by atoms with van der Waals surface area (Å²) in [5.74, 6) is 1.14. The number of nitrogens with one attached hydrogen (secondary N) is 1. The smallest absolute Gasteiger partial charge is 0.257 e. The van der Waals surface area contributed by atoms with Gasteiger partial charge in [-0.1, -0.05) is 12.1 Å². The van der Waals surface area contributed by atoms with Crippen LogP contribution in [0, 0.1) is 0 Å². The van der Waals surface area contributed by atoms with Crippen molar-refractivity contribution in [2.45, 2.75) is 20.8 Å². The minimum atomic E-state index is -0.305. The van der Waals surface area contributed by atoms with Crippen LogP contribution in [0.5, 0.6) is 17.2 Å². The van der Waals surface area contributed by atoms with E-state index in [1.54, 1.807) is 23.5 Å². The van der Waals surface area contributed by atoms with E-state index in [0.717, 1.165) is 20.9 Å². The summed E-state index contributed by atoms with van der Waals surface area (Å²) in [5, 5.41) is 6.07. The molecule has 2 aromatic heterocycles. The van der Waals surface area contributed by atoms with Gasteiger partial charge >= 0.3 is 0 Å². The average molecular weight is 470 g/mol. The second-order valence-electron chi connectivity index (χ2n) is 6.58. The van der Waals surface area contributed by atoms with Crippen molar-refractivity contribution in [3.63, 3.8) is 0 Å². The van der Waals surface area contributed by atoms with Gasteiger partial charge in [-0.2, -0.15) is 0 Å². The van der Waals surface area contributed by atoms with Gasteiger partial charge in [-0.25, -0.2) is 9.97 Å². The van der Waals surface area contributed by atoms with Crippen molar-refractivity contribution < 1.29 is 19.0 Å². The van der Waals surface area contributed by atoms with Crippen molar-refractivity contribution in [2.24, 2.45) is 0 Å². The first-order chi connectivity index (χ1) is 15.6. The van der Waals surface area contributed by atoms with Gasteiger partial charge in [0.25, 0.3) is 5.91 Å². The molecule has 0 saturated heterocycles. The number of para-hydroxylation sites is 1. The summed E-state index contributed by atoms with van der Waals surface area (Å²) in [6.07, 6.45) is 0. The Labute approximate surface area is 194 Å². The van der Waals surface area contributed by atoms with Crippen LogP contribution in [-0.2, 0) is 0 Å². The van der Waals surface area contributed by atoms with Crippen LogP contribution in [0.15, 0.2) is 41.8 Å². The Morgan fingerprint density at radius 3 is 2.31 bits per heavy atom. The molecule has 4 rings (SSSR count). The standard InChI is InChI=1S/C23H23N3O4S2/c1-4-28-17-11-14(12-18(29-5-2)20(17)30-6-3)21(27)26-23-25-16(13-31-23)22-24-15-9-7-8-10-19(15)32-22/h7-13H,4-6H2,1-3H3,(H,25,26,27). The van der Waals surface area contributed by atoms with Gasteiger partial charge in [0.1, 0.15) is 10.7 Å². The number of carbonyl (C=O) groups is 1. The van der Waals surface area contributed by atoms with E-state index in [9.17, 15) is 4.79 Å². The molecule has 0 atom stereocenters. The van der Waals surface area contributed by atoms with Crippen molar-refractivity contribution in [3.05, 3.63) is 47.3 Å². The number of fused-ring (bicyclic) bond motifs is 1. The van der Waals surface area contributed by atoms with E-state index < -0.39 is 0 Å². The van der Waals surface area contributed by atoms with Crippen LogP contribution in [0.1, 0.15) is 31.1 Å². The van der Waals surface area contributed by atoms with Crippen LogP contribution in [0.3, 0.4) is 0 Å². The molecule has 0 aliphatic rings. The third-order valence-corrected chi connectivity index (χ3v) is 6.23. The number of carbonyl (C=O) groups excluding carboxylic acids is 1. The average Bonchev–Trinajstić information content (AvgIpc) is 3.43. The number of thiazole rings is 2. The molecule has 0 fully saturated rings. The predicted molar refractivity (Wildman–Crippen MR) is 129 cm³/mol. The lowest BCUT2D eigenvalue weighted by Gasteiger charge is -2.16. The zero-order valence-corrected chi connectivity index (χ0v) is 19.6. The second-order valence-corrected chi connectivity index (χ2v) is 8.47. The number of ether oxygens (including phenoxy) is 3. The molecule has 1 N–H and O–H groups in total. The fourth-order valence-electron chi connectivity index (χ4n) is 3.10. The van der Waals surface area contributed by atoms with Gasteiger partial charge in [-0.3, -0.25) is 10.1 Å². The molecule has 0 radical (unpaired) electrons. The first-order valence-corrected chi connectivity index (χ1v) is 12.0. The fourth-order valence-corrected chi connectivity index (χ4v) is 4.79. The van der Waals surface area contributed by atoms with Gasteiger partial charge in [0.05, 0.1) is 30.0 Å². The molecule has 0 saturated carbocycles. The van der Waals surface area contributed by atoms with E-state index in [1.807, 2.05) is 50.4 Å². The normalized spacial score (nSPS) is 10.8. The van der Waals surface area contributed by atoms with Crippen molar-refractivity contribution in [1.82, 2.24) is 9.97 Å². The molecule has 0 bridgehead atoms. The summed E-state index contributed by atoms with van der Waals surface area (Å²) in [6, 6.07) is 11.3. The third-order valence-electron chi connectivity index (χ3n) is 4.41. The number of benzene rings is 2. The first kappa shape index (κ1) is 22.0. The number of amides is 1. The Morgan fingerprint density at radius 2 is 1.66 bits per heavy atom. The van der Waals surface area contributed by atoms with Crippen LogP contribution < -0.4 is 19.5 Å². The number of hydrogen-bond donors (Lipinski definition) is 1. The summed E-state index contributed by atoms with van der Waals surface area (Å²) >= 11 is 2.93. The minimum Gasteiger partial charge on any atom is -0.490 e. The van der Waals surface area contributed by atoms with E-state index in [0.29, 0.717) is 47.8 Å². The maximum absolute atomic E-state index is 13.0. The Balaban J connectivity index is 1.58. The number of aromatic nitrogens is 2. The number of anilines is 1. The molecular weight excluding hydrogens is 446 g/mol. The maximum Gasteiger partial charge on any atom is 0.257 e. The highest BCUT2D eigenvalue weighted by Crippen LogP contribution is 2.39. The SMILES string of the molecule is CCOc1cc(C(=O)Nc2nc(-c3nc4ccccc4s3)cs2)cc(OCC)c1OCC. The van der Waals surface area contributed by atoms with Crippen molar-refractivity contribution >= 4 is 43.9 Å². The maximum atomic E-state index is 13.0. The molecule has 32 heavy (non-hydrogen) atoms. The molecule has 0 aliphatic carbocycles.